The van der Waals surface area contributed by atoms with Crippen LogP contribution in [0.2, 0.25) is 0 Å². The van der Waals surface area contributed by atoms with Gasteiger partial charge in [0.2, 0.25) is 0 Å². The van der Waals surface area contributed by atoms with E-state index in [1.807, 2.05) is 6.92 Å². The van der Waals surface area contributed by atoms with Gasteiger partial charge in [-0.3, -0.25) is 4.79 Å². The van der Waals surface area contributed by atoms with Gasteiger partial charge < -0.3 is 10.1 Å². The van der Waals surface area contributed by atoms with Gasteiger partial charge in [-0.25, -0.2) is 4.39 Å². The van der Waals surface area contributed by atoms with Crippen LogP contribution in [0.25, 0.3) is 0 Å². The van der Waals surface area contributed by atoms with Crippen molar-refractivity contribution in [1.82, 2.24) is 5.32 Å². The van der Waals surface area contributed by atoms with E-state index >= 15 is 0 Å². The van der Waals surface area contributed by atoms with Gasteiger partial charge in [0, 0.05) is 5.54 Å². The Labute approximate surface area is 143 Å². The van der Waals surface area contributed by atoms with Crippen molar-refractivity contribution in [1.29, 1.82) is 0 Å². The van der Waals surface area contributed by atoms with Crippen LogP contribution in [0.5, 0.6) is 5.75 Å². The van der Waals surface area contributed by atoms with Crippen molar-refractivity contribution in [3.63, 3.8) is 0 Å². The van der Waals surface area contributed by atoms with E-state index in [-0.39, 0.29) is 17.2 Å². The molecule has 1 unspecified atom stereocenters. The van der Waals surface area contributed by atoms with Crippen LogP contribution in [0.3, 0.4) is 0 Å². The van der Waals surface area contributed by atoms with Crippen molar-refractivity contribution in [2.75, 3.05) is 0 Å². The van der Waals surface area contributed by atoms with Gasteiger partial charge in [0.1, 0.15) is 0 Å². The first kappa shape index (κ1) is 15.9. The molecule has 0 spiro atoms. The molecule has 4 heteroatoms. The van der Waals surface area contributed by atoms with E-state index < -0.39 is 11.9 Å². The smallest absolute Gasteiger partial charge is 0.261 e. The Bertz CT molecular complexity index is 595. The Morgan fingerprint density at radius 2 is 1.79 bits per heavy atom. The monoisotopic (exact) mass is 331 g/mol. The van der Waals surface area contributed by atoms with E-state index in [1.165, 1.54) is 25.3 Å². The first-order valence-corrected chi connectivity index (χ1v) is 9.30. The third-order valence-corrected chi connectivity index (χ3v) is 6.20. The Hall–Kier alpha value is -1.58. The van der Waals surface area contributed by atoms with Gasteiger partial charge in [0.05, 0.1) is 0 Å². The van der Waals surface area contributed by atoms with E-state index in [9.17, 15) is 9.18 Å². The Kier molecular flexibility index (Phi) is 4.01. The van der Waals surface area contributed by atoms with Gasteiger partial charge >= 0.3 is 0 Å². The fourth-order valence-electron chi connectivity index (χ4n) is 5.62. The summed E-state index contributed by atoms with van der Waals surface area (Å²) < 4.78 is 19.5. The lowest BCUT2D eigenvalue weighted by Gasteiger charge is -2.57. The number of amides is 1. The van der Waals surface area contributed by atoms with Gasteiger partial charge in [0.25, 0.3) is 5.91 Å². The summed E-state index contributed by atoms with van der Waals surface area (Å²) in [7, 11) is 0. The van der Waals surface area contributed by atoms with Crippen molar-refractivity contribution in [2.45, 2.75) is 63.5 Å². The van der Waals surface area contributed by atoms with Crippen molar-refractivity contribution < 1.29 is 13.9 Å². The Morgan fingerprint density at radius 1 is 1.21 bits per heavy atom. The van der Waals surface area contributed by atoms with E-state index in [0.29, 0.717) is 6.42 Å². The average Bonchev–Trinajstić information content (AvgIpc) is 2.52. The molecule has 1 aromatic rings. The number of ether oxygens (including phenoxy) is 1. The molecule has 0 saturated heterocycles. The summed E-state index contributed by atoms with van der Waals surface area (Å²) in [5.74, 6) is 2.00. The average molecular weight is 331 g/mol. The molecule has 0 aliphatic heterocycles. The molecule has 24 heavy (non-hydrogen) atoms. The third kappa shape index (κ3) is 2.91. The van der Waals surface area contributed by atoms with Crippen LogP contribution in [0, 0.1) is 23.6 Å². The second-order valence-corrected chi connectivity index (χ2v) is 8.13. The molecule has 3 nitrogen and oxygen atoms in total. The van der Waals surface area contributed by atoms with Crippen molar-refractivity contribution in [3.8, 4) is 5.75 Å². The zero-order chi connectivity index (χ0) is 16.7. The van der Waals surface area contributed by atoms with Crippen molar-refractivity contribution in [2.24, 2.45) is 17.8 Å². The lowest BCUT2D eigenvalue weighted by Crippen LogP contribution is -2.61. The molecule has 130 valence electrons. The quantitative estimate of drug-likeness (QED) is 0.883. The maximum absolute atomic E-state index is 13.8. The highest BCUT2D eigenvalue weighted by molar-refractivity contribution is 5.82. The van der Waals surface area contributed by atoms with Crippen LogP contribution in [0.15, 0.2) is 24.3 Å². The Morgan fingerprint density at radius 3 is 2.33 bits per heavy atom. The number of rotatable bonds is 5. The lowest BCUT2D eigenvalue weighted by molar-refractivity contribution is -0.134. The van der Waals surface area contributed by atoms with Gasteiger partial charge in [-0.2, -0.15) is 0 Å². The molecule has 4 aliphatic carbocycles. The molecule has 4 fully saturated rings. The minimum Gasteiger partial charge on any atom is -0.478 e. The van der Waals surface area contributed by atoms with Gasteiger partial charge in [-0.15, -0.1) is 0 Å². The molecular formula is C20H26FNO2. The predicted molar refractivity (Wildman–Crippen MR) is 90.2 cm³/mol. The van der Waals surface area contributed by atoms with Crippen LogP contribution in [-0.4, -0.2) is 17.6 Å². The standard InChI is InChI=1S/C20H26FNO2/c1-2-17(24-18-6-4-3-5-16(18)21)19(23)22-20-10-13-7-14(11-20)9-15(8-13)12-20/h3-6,13-15,17H,2,7-12H2,1H3,(H,22,23). The number of carbonyl (C=O) groups excluding carboxylic acids is 1. The maximum Gasteiger partial charge on any atom is 0.261 e. The SMILES string of the molecule is CCC(Oc1ccccc1F)C(=O)NC12CC3CC(CC(C3)C1)C2. The summed E-state index contributed by atoms with van der Waals surface area (Å²) in [4.78, 5) is 12.8. The zero-order valence-corrected chi connectivity index (χ0v) is 14.3. The second kappa shape index (κ2) is 6.05. The summed E-state index contributed by atoms with van der Waals surface area (Å²) in [6, 6.07) is 6.29. The largest absolute Gasteiger partial charge is 0.478 e. The van der Waals surface area contributed by atoms with Crippen LogP contribution >= 0.6 is 0 Å². The van der Waals surface area contributed by atoms with E-state index in [1.54, 1.807) is 18.2 Å². The minimum absolute atomic E-state index is 0.0299. The number of carbonyl (C=O) groups is 1. The van der Waals surface area contributed by atoms with Crippen LogP contribution in [0.4, 0.5) is 4.39 Å². The molecule has 4 bridgehead atoms. The summed E-state index contributed by atoms with van der Waals surface area (Å²) in [5, 5.41) is 3.33. The minimum atomic E-state index is -0.630. The lowest BCUT2D eigenvalue weighted by atomic mass is 9.53. The molecular weight excluding hydrogens is 305 g/mol. The van der Waals surface area contributed by atoms with E-state index in [0.717, 1.165) is 37.0 Å². The number of hydrogen-bond acceptors (Lipinski definition) is 2. The summed E-state index contributed by atoms with van der Waals surface area (Å²) >= 11 is 0. The molecule has 0 aromatic heterocycles. The van der Waals surface area contributed by atoms with Crippen LogP contribution < -0.4 is 10.1 Å². The Balaban J connectivity index is 1.45. The molecule has 4 saturated carbocycles. The third-order valence-electron chi connectivity index (χ3n) is 6.20. The van der Waals surface area contributed by atoms with Crippen LogP contribution in [0.1, 0.15) is 51.9 Å². The maximum atomic E-state index is 13.8. The highest BCUT2D eigenvalue weighted by atomic mass is 19.1. The first-order valence-electron chi connectivity index (χ1n) is 9.30. The summed E-state index contributed by atoms with van der Waals surface area (Å²) in [6.07, 6.45) is 7.28. The zero-order valence-electron chi connectivity index (χ0n) is 14.3. The molecule has 0 radical (unpaired) electrons. The molecule has 1 N–H and O–H groups in total. The molecule has 0 heterocycles. The fraction of sp³-hybridized carbons (Fsp3) is 0.650. The van der Waals surface area contributed by atoms with Gasteiger partial charge in [-0.05, 0) is 74.8 Å². The van der Waals surface area contributed by atoms with Gasteiger partial charge in [0.15, 0.2) is 17.7 Å². The molecule has 5 rings (SSSR count). The number of hydrogen-bond donors (Lipinski definition) is 1. The number of halogens is 1. The summed E-state index contributed by atoms with van der Waals surface area (Å²) in [6.45, 7) is 1.91. The highest BCUT2D eigenvalue weighted by Gasteiger charge is 2.51. The van der Waals surface area contributed by atoms with E-state index in [4.69, 9.17) is 4.74 Å². The van der Waals surface area contributed by atoms with Crippen molar-refractivity contribution in [3.05, 3.63) is 30.1 Å². The predicted octanol–water partition coefficient (Wildman–Crippen LogP) is 4.07. The topological polar surface area (TPSA) is 38.3 Å². The molecule has 1 atom stereocenters. The fourth-order valence-corrected chi connectivity index (χ4v) is 5.62. The first-order chi connectivity index (χ1) is 11.6. The second-order valence-electron chi connectivity index (χ2n) is 8.13. The van der Waals surface area contributed by atoms with Crippen LogP contribution in [-0.2, 0) is 4.79 Å². The van der Waals surface area contributed by atoms with Crippen molar-refractivity contribution >= 4 is 5.91 Å². The normalized spacial score (nSPS) is 34.8. The number of para-hydroxylation sites is 1. The molecule has 1 aromatic carbocycles. The van der Waals surface area contributed by atoms with Gasteiger partial charge in [-0.1, -0.05) is 19.1 Å². The number of nitrogens with one attached hydrogen (secondary N) is 1. The number of benzene rings is 1. The molecule has 4 aliphatic rings. The molecule has 1 amide bonds. The summed E-state index contributed by atoms with van der Waals surface area (Å²) in [5.41, 5.74) is -0.0299. The highest BCUT2D eigenvalue weighted by Crippen LogP contribution is 2.55. The van der Waals surface area contributed by atoms with E-state index in [2.05, 4.69) is 5.32 Å².